The van der Waals surface area contributed by atoms with Crippen molar-refractivity contribution in [1.29, 1.82) is 0 Å². The smallest absolute Gasteiger partial charge is 0.120 e. The van der Waals surface area contributed by atoms with Crippen LogP contribution >= 0.6 is 0 Å². The lowest BCUT2D eigenvalue weighted by atomic mass is 10.1. The molecule has 0 saturated carbocycles. The Morgan fingerprint density at radius 1 is 1.53 bits per heavy atom. The van der Waals surface area contributed by atoms with Crippen LogP contribution in [0.1, 0.15) is 12.0 Å². The molecule has 0 amide bonds. The van der Waals surface area contributed by atoms with E-state index in [1.165, 1.54) is 0 Å². The summed E-state index contributed by atoms with van der Waals surface area (Å²) in [5.74, 6) is 0.955. The fourth-order valence-corrected chi connectivity index (χ4v) is 1.73. The van der Waals surface area contributed by atoms with Gasteiger partial charge in [0.2, 0.25) is 0 Å². The van der Waals surface area contributed by atoms with Crippen LogP contribution in [-0.2, 0) is 4.74 Å². The summed E-state index contributed by atoms with van der Waals surface area (Å²) in [5, 5.41) is 12.8. The number of phenols is 1. The maximum Gasteiger partial charge on any atom is 0.120 e. The standard InChI is InChI=1S/C12H17NO2/c1-9-2-3-11(6-12(9)14)13-7-10-4-5-15-8-10/h2-3,6,10,13-14H,4-5,7-8H2,1H3. The molecular weight excluding hydrogens is 190 g/mol. The number of anilines is 1. The molecule has 2 N–H and O–H groups in total. The van der Waals surface area contributed by atoms with Crippen LogP contribution in [-0.4, -0.2) is 24.9 Å². The third-order valence-corrected chi connectivity index (χ3v) is 2.83. The summed E-state index contributed by atoms with van der Waals surface area (Å²) in [7, 11) is 0. The van der Waals surface area contributed by atoms with Gasteiger partial charge in [-0.15, -0.1) is 0 Å². The van der Waals surface area contributed by atoms with Gasteiger partial charge in [0.05, 0.1) is 6.61 Å². The van der Waals surface area contributed by atoms with Gasteiger partial charge in [-0.3, -0.25) is 0 Å². The van der Waals surface area contributed by atoms with Crippen LogP contribution in [0.2, 0.25) is 0 Å². The number of rotatable bonds is 3. The van der Waals surface area contributed by atoms with Crippen LogP contribution < -0.4 is 5.32 Å². The Balaban J connectivity index is 1.90. The third kappa shape index (κ3) is 2.63. The van der Waals surface area contributed by atoms with Crippen LogP contribution in [0.4, 0.5) is 5.69 Å². The third-order valence-electron chi connectivity index (χ3n) is 2.83. The van der Waals surface area contributed by atoms with Crippen molar-refractivity contribution < 1.29 is 9.84 Å². The molecule has 3 heteroatoms. The molecule has 1 aromatic carbocycles. The Morgan fingerprint density at radius 2 is 2.40 bits per heavy atom. The largest absolute Gasteiger partial charge is 0.508 e. The molecule has 1 heterocycles. The number of phenolic OH excluding ortho intramolecular Hbond substituents is 1. The molecule has 0 bridgehead atoms. The molecule has 1 aliphatic heterocycles. The summed E-state index contributed by atoms with van der Waals surface area (Å²) < 4.78 is 5.30. The number of benzene rings is 1. The number of hydrogen-bond acceptors (Lipinski definition) is 3. The Kier molecular flexibility index (Phi) is 3.11. The van der Waals surface area contributed by atoms with E-state index in [-0.39, 0.29) is 0 Å². The zero-order valence-corrected chi connectivity index (χ0v) is 8.99. The predicted octanol–water partition coefficient (Wildman–Crippen LogP) is 2.15. The van der Waals surface area contributed by atoms with Gasteiger partial charge in [0.25, 0.3) is 0 Å². The van der Waals surface area contributed by atoms with Crippen LogP contribution in [0.25, 0.3) is 0 Å². The summed E-state index contributed by atoms with van der Waals surface area (Å²) in [6.45, 7) is 4.54. The summed E-state index contributed by atoms with van der Waals surface area (Å²) in [4.78, 5) is 0. The second kappa shape index (κ2) is 4.53. The van der Waals surface area contributed by atoms with E-state index in [2.05, 4.69) is 5.32 Å². The van der Waals surface area contributed by atoms with Crippen LogP contribution in [0.15, 0.2) is 18.2 Å². The highest BCUT2D eigenvalue weighted by Gasteiger charge is 2.14. The fraction of sp³-hybridized carbons (Fsp3) is 0.500. The number of aryl methyl sites for hydroxylation is 1. The van der Waals surface area contributed by atoms with Crippen molar-refractivity contribution in [2.45, 2.75) is 13.3 Å². The van der Waals surface area contributed by atoms with Gasteiger partial charge in [0.15, 0.2) is 0 Å². The molecule has 82 valence electrons. The van der Waals surface area contributed by atoms with Crippen LogP contribution in [0, 0.1) is 12.8 Å². The molecule has 1 aliphatic rings. The van der Waals surface area contributed by atoms with Crippen molar-refractivity contribution >= 4 is 5.69 Å². The minimum absolute atomic E-state index is 0.350. The molecule has 0 spiro atoms. The number of nitrogens with one attached hydrogen (secondary N) is 1. The maximum atomic E-state index is 9.53. The van der Waals surface area contributed by atoms with Gasteiger partial charge >= 0.3 is 0 Å². The average molecular weight is 207 g/mol. The Bertz CT molecular complexity index is 332. The van der Waals surface area contributed by atoms with E-state index < -0.39 is 0 Å². The first-order chi connectivity index (χ1) is 7.25. The molecule has 3 nitrogen and oxygen atoms in total. The lowest BCUT2D eigenvalue weighted by Gasteiger charge is -2.11. The number of aromatic hydroxyl groups is 1. The number of ether oxygens (including phenoxy) is 1. The van der Waals surface area contributed by atoms with Crippen molar-refractivity contribution in [1.82, 2.24) is 0 Å². The van der Waals surface area contributed by atoms with E-state index in [1.54, 1.807) is 6.07 Å². The van der Waals surface area contributed by atoms with Gasteiger partial charge in [-0.05, 0) is 25.0 Å². The molecule has 0 aromatic heterocycles. The Labute approximate surface area is 90.1 Å². The number of hydrogen-bond donors (Lipinski definition) is 2. The van der Waals surface area contributed by atoms with E-state index in [9.17, 15) is 5.11 Å². The predicted molar refractivity (Wildman–Crippen MR) is 60.3 cm³/mol. The van der Waals surface area contributed by atoms with Gasteiger partial charge in [-0.2, -0.15) is 0 Å². The lowest BCUT2D eigenvalue weighted by Crippen LogP contribution is -2.13. The zero-order chi connectivity index (χ0) is 10.7. The SMILES string of the molecule is Cc1ccc(NCC2CCOC2)cc1O. The van der Waals surface area contributed by atoms with Crippen molar-refractivity contribution in [3.8, 4) is 5.75 Å². The van der Waals surface area contributed by atoms with Gasteiger partial charge in [-0.1, -0.05) is 6.07 Å². The second-order valence-electron chi connectivity index (χ2n) is 4.11. The van der Waals surface area contributed by atoms with E-state index in [1.807, 2.05) is 19.1 Å². The zero-order valence-electron chi connectivity index (χ0n) is 8.99. The van der Waals surface area contributed by atoms with E-state index in [0.717, 1.165) is 37.4 Å². The van der Waals surface area contributed by atoms with E-state index in [4.69, 9.17) is 4.74 Å². The minimum Gasteiger partial charge on any atom is -0.508 e. The Hall–Kier alpha value is -1.22. The van der Waals surface area contributed by atoms with Crippen molar-refractivity contribution in [2.75, 3.05) is 25.1 Å². The van der Waals surface area contributed by atoms with Gasteiger partial charge in [0.1, 0.15) is 5.75 Å². The molecule has 1 unspecified atom stereocenters. The fourth-order valence-electron chi connectivity index (χ4n) is 1.73. The molecule has 15 heavy (non-hydrogen) atoms. The normalized spacial score (nSPS) is 20.5. The molecular formula is C12H17NO2. The molecule has 0 radical (unpaired) electrons. The van der Waals surface area contributed by atoms with Gasteiger partial charge < -0.3 is 15.2 Å². The Morgan fingerprint density at radius 3 is 3.07 bits per heavy atom. The molecule has 1 saturated heterocycles. The first-order valence-electron chi connectivity index (χ1n) is 5.37. The summed E-state index contributed by atoms with van der Waals surface area (Å²) in [5.41, 5.74) is 1.88. The quantitative estimate of drug-likeness (QED) is 0.798. The minimum atomic E-state index is 0.350. The lowest BCUT2D eigenvalue weighted by molar-refractivity contribution is 0.187. The monoisotopic (exact) mass is 207 g/mol. The van der Waals surface area contributed by atoms with Crippen molar-refractivity contribution in [3.63, 3.8) is 0 Å². The maximum absolute atomic E-state index is 9.53. The van der Waals surface area contributed by atoms with Crippen LogP contribution in [0.3, 0.4) is 0 Å². The summed E-state index contributed by atoms with van der Waals surface area (Å²) in [6, 6.07) is 5.68. The molecule has 1 aromatic rings. The molecule has 0 aliphatic carbocycles. The summed E-state index contributed by atoms with van der Waals surface area (Å²) >= 11 is 0. The highest BCUT2D eigenvalue weighted by atomic mass is 16.5. The van der Waals surface area contributed by atoms with E-state index in [0.29, 0.717) is 11.7 Å². The molecule has 1 atom stereocenters. The average Bonchev–Trinajstić information content (AvgIpc) is 2.73. The topological polar surface area (TPSA) is 41.5 Å². The van der Waals surface area contributed by atoms with Crippen molar-refractivity contribution in [3.05, 3.63) is 23.8 Å². The second-order valence-corrected chi connectivity index (χ2v) is 4.11. The summed E-state index contributed by atoms with van der Waals surface area (Å²) in [6.07, 6.45) is 1.13. The van der Waals surface area contributed by atoms with Crippen LogP contribution in [0.5, 0.6) is 5.75 Å². The van der Waals surface area contributed by atoms with Gasteiger partial charge in [-0.25, -0.2) is 0 Å². The first kappa shape index (κ1) is 10.3. The molecule has 1 fully saturated rings. The first-order valence-corrected chi connectivity index (χ1v) is 5.37. The van der Waals surface area contributed by atoms with Gasteiger partial charge in [0, 0.05) is 30.8 Å². The molecule has 2 rings (SSSR count). The highest BCUT2D eigenvalue weighted by Crippen LogP contribution is 2.21. The van der Waals surface area contributed by atoms with Crippen molar-refractivity contribution in [2.24, 2.45) is 5.92 Å². The highest BCUT2D eigenvalue weighted by molar-refractivity contribution is 5.50. The van der Waals surface area contributed by atoms with E-state index >= 15 is 0 Å².